The molecule has 17 heavy (non-hydrogen) atoms. The number of hydrogen-bond donors (Lipinski definition) is 2. The Hall–Kier alpha value is -1.09. The van der Waals surface area contributed by atoms with E-state index in [9.17, 15) is 4.79 Å². The van der Waals surface area contributed by atoms with Crippen LogP contribution in [0.3, 0.4) is 0 Å². The minimum Gasteiger partial charge on any atom is -0.349 e. The first-order valence-corrected chi connectivity index (χ1v) is 6.41. The Morgan fingerprint density at radius 2 is 1.82 bits per heavy atom. The smallest absolute Gasteiger partial charge is 0.224 e. The Kier molecular flexibility index (Phi) is 5.42. The summed E-state index contributed by atoms with van der Waals surface area (Å²) in [6.45, 7) is 7.93. The van der Waals surface area contributed by atoms with Crippen molar-refractivity contribution >= 4 is 5.91 Å². The van der Waals surface area contributed by atoms with Crippen molar-refractivity contribution in [2.45, 2.75) is 44.1 Å². The molecule has 3 heteroatoms. The first-order chi connectivity index (χ1) is 8.17. The number of carbonyl (C=O) groups excluding carboxylic acids is 1. The van der Waals surface area contributed by atoms with E-state index in [0.29, 0.717) is 19.4 Å². The molecule has 0 spiro atoms. The van der Waals surface area contributed by atoms with Crippen molar-refractivity contribution in [2.75, 3.05) is 6.54 Å². The van der Waals surface area contributed by atoms with Crippen LogP contribution >= 0.6 is 0 Å². The molecular formula is C14H24N2O. The Morgan fingerprint density at radius 1 is 1.29 bits per heavy atom. The number of allylic oxidation sites excluding steroid dienone is 2. The van der Waals surface area contributed by atoms with Gasteiger partial charge in [0.15, 0.2) is 0 Å². The topological polar surface area (TPSA) is 55.1 Å². The number of nitrogens with two attached hydrogens (primary N) is 1. The SMILES string of the molecule is C=CCC(CC=C)C(=O)NC1(CN)CCCC1. The molecule has 0 aliphatic heterocycles. The second-order valence-corrected chi connectivity index (χ2v) is 4.93. The van der Waals surface area contributed by atoms with Crippen LogP contribution in [0.25, 0.3) is 0 Å². The number of rotatable bonds is 7. The van der Waals surface area contributed by atoms with Gasteiger partial charge >= 0.3 is 0 Å². The lowest BCUT2D eigenvalue weighted by molar-refractivity contribution is -0.126. The lowest BCUT2D eigenvalue weighted by Crippen LogP contribution is -2.53. The Bertz CT molecular complexity index is 270. The van der Waals surface area contributed by atoms with Gasteiger partial charge in [0.25, 0.3) is 0 Å². The molecule has 0 radical (unpaired) electrons. The monoisotopic (exact) mass is 236 g/mol. The summed E-state index contributed by atoms with van der Waals surface area (Å²) >= 11 is 0. The molecular weight excluding hydrogens is 212 g/mol. The van der Waals surface area contributed by atoms with Crippen molar-refractivity contribution < 1.29 is 4.79 Å². The fraction of sp³-hybridized carbons (Fsp3) is 0.643. The molecule has 1 rings (SSSR count). The highest BCUT2D eigenvalue weighted by molar-refractivity contribution is 5.79. The van der Waals surface area contributed by atoms with E-state index in [0.717, 1.165) is 25.7 Å². The van der Waals surface area contributed by atoms with Crippen molar-refractivity contribution in [2.24, 2.45) is 11.7 Å². The third-order valence-electron chi connectivity index (χ3n) is 3.61. The van der Waals surface area contributed by atoms with E-state index in [2.05, 4.69) is 18.5 Å². The van der Waals surface area contributed by atoms with E-state index in [1.54, 1.807) is 12.2 Å². The zero-order valence-electron chi connectivity index (χ0n) is 10.6. The van der Waals surface area contributed by atoms with Crippen molar-refractivity contribution in [3.8, 4) is 0 Å². The third-order valence-corrected chi connectivity index (χ3v) is 3.61. The van der Waals surface area contributed by atoms with E-state index in [1.807, 2.05) is 0 Å². The number of hydrogen-bond acceptors (Lipinski definition) is 2. The number of carbonyl (C=O) groups is 1. The van der Waals surface area contributed by atoms with E-state index in [-0.39, 0.29) is 17.4 Å². The quantitative estimate of drug-likeness (QED) is 0.665. The van der Waals surface area contributed by atoms with Crippen LogP contribution < -0.4 is 11.1 Å². The molecule has 1 fully saturated rings. The van der Waals surface area contributed by atoms with Crippen LogP contribution in [0.15, 0.2) is 25.3 Å². The highest BCUT2D eigenvalue weighted by atomic mass is 16.2. The highest BCUT2D eigenvalue weighted by Crippen LogP contribution is 2.29. The second kappa shape index (κ2) is 6.60. The summed E-state index contributed by atoms with van der Waals surface area (Å²) in [5.41, 5.74) is 5.66. The number of nitrogens with one attached hydrogen (secondary N) is 1. The van der Waals surface area contributed by atoms with Gasteiger partial charge in [0.1, 0.15) is 0 Å². The average Bonchev–Trinajstić information content (AvgIpc) is 2.78. The van der Waals surface area contributed by atoms with E-state index in [4.69, 9.17) is 5.73 Å². The van der Waals surface area contributed by atoms with E-state index >= 15 is 0 Å². The molecule has 0 saturated heterocycles. The van der Waals surface area contributed by atoms with Gasteiger partial charge in [0, 0.05) is 12.5 Å². The fourth-order valence-corrected chi connectivity index (χ4v) is 2.51. The maximum Gasteiger partial charge on any atom is 0.224 e. The summed E-state index contributed by atoms with van der Waals surface area (Å²) < 4.78 is 0. The maximum atomic E-state index is 12.2. The summed E-state index contributed by atoms with van der Waals surface area (Å²) in [6, 6.07) is 0. The Balaban J connectivity index is 2.60. The molecule has 1 aliphatic rings. The zero-order chi connectivity index (χ0) is 12.7. The van der Waals surface area contributed by atoms with Crippen LogP contribution in [0, 0.1) is 5.92 Å². The molecule has 0 heterocycles. The first-order valence-electron chi connectivity index (χ1n) is 6.41. The second-order valence-electron chi connectivity index (χ2n) is 4.93. The largest absolute Gasteiger partial charge is 0.349 e. The molecule has 1 amide bonds. The van der Waals surface area contributed by atoms with Gasteiger partial charge in [-0.05, 0) is 25.7 Å². The van der Waals surface area contributed by atoms with Gasteiger partial charge in [-0.25, -0.2) is 0 Å². The van der Waals surface area contributed by atoms with Gasteiger partial charge in [-0.15, -0.1) is 13.2 Å². The number of amides is 1. The van der Waals surface area contributed by atoms with Crippen LogP contribution in [-0.4, -0.2) is 18.0 Å². The minimum absolute atomic E-state index is 0.0472. The summed E-state index contributed by atoms with van der Waals surface area (Å²) in [5.74, 6) is 0.0474. The van der Waals surface area contributed by atoms with Gasteiger partial charge in [-0.1, -0.05) is 25.0 Å². The van der Waals surface area contributed by atoms with Gasteiger partial charge in [0.2, 0.25) is 5.91 Å². The molecule has 3 nitrogen and oxygen atoms in total. The van der Waals surface area contributed by atoms with Crippen molar-refractivity contribution in [3.05, 3.63) is 25.3 Å². The summed E-state index contributed by atoms with van der Waals surface area (Å²) in [7, 11) is 0. The molecule has 0 unspecified atom stereocenters. The molecule has 0 bridgehead atoms. The first kappa shape index (κ1) is 14.0. The average molecular weight is 236 g/mol. The van der Waals surface area contributed by atoms with Gasteiger partial charge in [-0.2, -0.15) is 0 Å². The van der Waals surface area contributed by atoms with Crippen molar-refractivity contribution in [3.63, 3.8) is 0 Å². The molecule has 0 atom stereocenters. The van der Waals surface area contributed by atoms with Gasteiger partial charge < -0.3 is 11.1 Å². The van der Waals surface area contributed by atoms with Crippen LogP contribution in [0.5, 0.6) is 0 Å². The minimum atomic E-state index is -0.155. The predicted molar refractivity (Wildman–Crippen MR) is 71.5 cm³/mol. The van der Waals surface area contributed by atoms with Gasteiger partial charge in [0.05, 0.1) is 5.54 Å². The van der Waals surface area contributed by atoms with Crippen LogP contribution in [-0.2, 0) is 4.79 Å². The van der Waals surface area contributed by atoms with E-state index in [1.165, 1.54) is 0 Å². The molecule has 96 valence electrons. The van der Waals surface area contributed by atoms with E-state index < -0.39 is 0 Å². The standard InChI is InChI=1S/C14H24N2O/c1-3-7-12(8-4-2)13(17)16-14(11-15)9-5-6-10-14/h3-4,12H,1-2,5-11,15H2,(H,16,17). The zero-order valence-corrected chi connectivity index (χ0v) is 10.6. The van der Waals surface area contributed by atoms with Crippen LogP contribution in [0.1, 0.15) is 38.5 Å². The maximum absolute atomic E-state index is 12.2. The highest BCUT2D eigenvalue weighted by Gasteiger charge is 2.35. The molecule has 3 N–H and O–H groups in total. The lowest BCUT2D eigenvalue weighted by Gasteiger charge is -2.30. The molecule has 1 aliphatic carbocycles. The van der Waals surface area contributed by atoms with Crippen molar-refractivity contribution in [1.82, 2.24) is 5.32 Å². The predicted octanol–water partition coefficient (Wildman–Crippen LogP) is 2.14. The Morgan fingerprint density at radius 3 is 2.24 bits per heavy atom. The Labute approximate surface area is 104 Å². The normalized spacial score (nSPS) is 18.0. The summed E-state index contributed by atoms with van der Waals surface area (Å²) in [4.78, 5) is 12.2. The fourth-order valence-electron chi connectivity index (χ4n) is 2.51. The summed E-state index contributed by atoms with van der Waals surface area (Å²) in [6.07, 6.45) is 9.29. The lowest BCUT2D eigenvalue weighted by atomic mass is 9.94. The molecule has 0 aromatic carbocycles. The molecule has 0 aromatic heterocycles. The molecule has 0 aromatic rings. The van der Waals surface area contributed by atoms with Crippen LogP contribution in [0.4, 0.5) is 0 Å². The van der Waals surface area contributed by atoms with Crippen LogP contribution in [0.2, 0.25) is 0 Å². The molecule has 1 saturated carbocycles. The van der Waals surface area contributed by atoms with Crippen molar-refractivity contribution in [1.29, 1.82) is 0 Å². The summed E-state index contributed by atoms with van der Waals surface area (Å²) in [5, 5.41) is 3.15. The third kappa shape index (κ3) is 3.70. The van der Waals surface area contributed by atoms with Gasteiger partial charge in [-0.3, -0.25) is 4.79 Å².